The van der Waals surface area contributed by atoms with Crippen molar-refractivity contribution in [2.45, 2.75) is 64.8 Å². The van der Waals surface area contributed by atoms with E-state index in [0.29, 0.717) is 51.3 Å². The number of benzene rings is 1. The molecule has 2 N–H and O–H groups in total. The lowest BCUT2D eigenvalue weighted by Gasteiger charge is -2.41. The van der Waals surface area contributed by atoms with Crippen LogP contribution in [0, 0.1) is 13.8 Å². The standard InChI is InChI=1S/C28H37N9O3/c1-19-20(2)34(3)25(30-19)18-35-12-13-37-24(17-35)27(39)29-15-22-16-36(33-32-22)11-7-10-26(38)31-23(28(37)40)14-21-8-5-4-6-9-21/h4-6,8-9,16,23-24H,7,10-15,17-18H2,1-3H3,(H,29,39)(H,31,38)/t23-,24+/m0/s1. The van der Waals surface area contributed by atoms with Crippen molar-refractivity contribution in [3.63, 3.8) is 0 Å². The van der Waals surface area contributed by atoms with E-state index in [2.05, 4.69) is 30.4 Å². The molecule has 0 radical (unpaired) electrons. The van der Waals surface area contributed by atoms with Crippen LogP contribution in [0.3, 0.4) is 0 Å². The highest BCUT2D eigenvalue weighted by Gasteiger charge is 2.39. The fourth-order valence-electron chi connectivity index (χ4n) is 5.34. The van der Waals surface area contributed by atoms with E-state index in [0.717, 1.165) is 22.8 Å². The molecule has 0 aliphatic carbocycles. The lowest BCUT2D eigenvalue weighted by Crippen LogP contribution is -2.63. The van der Waals surface area contributed by atoms with Crippen LogP contribution in [0.15, 0.2) is 36.5 Å². The molecular weight excluding hydrogens is 510 g/mol. The molecule has 1 fully saturated rings. The lowest BCUT2D eigenvalue weighted by atomic mass is 10.0. The molecule has 4 heterocycles. The summed E-state index contributed by atoms with van der Waals surface area (Å²) in [5.74, 6) is 0.196. The van der Waals surface area contributed by atoms with Gasteiger partial charge in [0.2, 0.25) is 17.7 Å². The molecule has 1 aromatic carbocycles. The van der Waals surface area contributed by atoms with Crippen molar-refractivity contribution < 1.29 is 14.4 Å². The number of piperazine rings is 1. The van der Waals surface area contributed by atoms with Gasteiger partial charge in [0.05, 0.1) is 25.0 Å². The molecule has 12 heteroatoms. The first-order valence-corrected chi connectivity index (χ1v) is 13.8. The van der Waals surface area contributed by atoms with Crippen molar-refractivity contribution >= 4 is 17.7 Å². The number of aryl methyl sites for hydroxylation is 2. The highest BCUT2D eigenvalue weighted by atomic mass is 16.2. The third-order valence-electron chi connectivity index (χ3n) is 7.86. The van der Waals surface area contributed by atoms with Crippen LogP contribution in [-0.4, -0.2) is 83.8 Å². The minimum Gasteiger partial charge on any atom is -0.348 e. The summed E-state index contributed by atoms with van der Waals surface area (Å²) in [7, 11) is 1.99. The molecule has 2 aliphatic rings. The first-order chi connectivity index (χ1) is 19.3. The van der Waals surface area contributed by atoms with Gasteiger partial charge in [-0.05, 0) is 25.8 Å². The maximum absolute atomic E-state index is 14.1. The number of carbonyl (C=O) groups is 3. The summed E-state index contributed by atoms with van der Waals surface area (Å²) in [5, 5.41) is 14.2. The number of carbonyl (C=O) groups excluding carboxylic acids is 3. The second kappa shape index (κ2) is 12.0. The van der Waals surface area contributed by atoms with Crippen molar-refractivity contribution in [3.8, 4) is 0 Å². The van der Waals surface area contributed by atoms with Crippen molar-refractivity contribution in [2.24, 2.45) is 7.05 Å². The highest BCUT2D eigenvalue weighted by molar-refractivity contribution is 5.92. The largest absolute Gasteiger partial charge is 0.348 e. The fourth-order valence-corrected chi connectivity index (χ4v) is 5.34. The van der Waals surface area contributed by atoms with Gasteiger partial charge in [0.25, 0.3) is 0 Å². The minimum absolute atomic E-state index is 0.204. The quantitative estimate of drug-likeness (QED) is 0.486. The molecule has 3 aromatic rings. The third kappa shape index (κ3) is 6.22. The number of nitrogens with zero attached hydrogens (tertiary/aromatic N) is 7. The van der Waals surface area contributed by atoms with Gasteiger partial charge in [-0.2, -0.15) is 0 Å². The van der Waals surface area contributed by atoms with E-state index < -0.39 is 12.1 Å². The Morgan fingerprint density at radius 1 is 1.05 bits per heavy atom. The summed E-state index contributed by atoms with van der Waals surface area (Å²) >= 11 is 0. The van der Waals surface area contributed by atoms with Crippen LogP contribution < -0.4 is 10.6 Å². The summed E-state index contributed by atoms with van der Waals surface area (Å²) < 4.78 is 3.74. The molecule has 0 unspecified atom stereocenters. The van der Waals surface area contributed by atoms with E-state index >= 15 is 0 Å². The summed E-state index contributed by atoms with van der Waals surface area (Å²) in [6.45, 7) is 6.60. The van der Waals surface area contributed by atoms with E-state index in [4.69, 9.17) is 4.98 Å². The number of imidazole rings is 1. The van der Waals surface area contributed by atoms with Gasteiger partial charge in [-0.3, -0.25) is 24.0 Å². The normalized spacial score (nSPS) is 21.3. The smallest absolute Gasteiger partial charge is 0.246 e. The molecular formula is C28H37N9O3. The van der Waals surface area contributed by atoms with Crippen molar-refractivity contribution in [3.05, 3.63) is 65.0 Å². The van der Waals surface area contributed by atoms with E-state index in [-0.39, 0.29) is 30.7 Å². The number of aromatic nitrogens is 5. The molecule has 212 valence electrons. The lowest BCUT2D eigenvalue weighted by molar-refractivity contribution is -0.146. The van der Waals surface area contributed by atoms with Crippen LogP contribution in [0.5, 0.6) is 0 Å². The van der Waals surface area contributed by atoms with Crippen LogP contribution in [-0.2, 0) is 47.5 Å². The molecule has 40 heavy (non-hydrogen) atoms. The van der Waals surface area contributed by atoms with Crippen LogP contribution in [0.4, 0.5) is 0 Å². The summed E-state index contributed by atoms with van der Waals surface area (Å²) in [4.78, 5) is 49.1. The van der Waals surface area contributed by atoms with Crippen molar-refractivity contribution in [1.29, 1.82) is 0 Å². The summed E-state index contributed by atoms with van der Waals surface area (Å²) in [6.07, 6.45) is 2.93. The number of amides is 3. The predicted molar refractivity (Wildman–Crippen MR) is 147 cm³/mol. The monoisotopic (exact) mass is 547 g/mol. The number of rotatable bonds is 4. The van der Waals surface area contributed by atoms with Crippen molar-refractivity contribution in [2.75, 3.05) is 19.6 Å². The molecule has 12 nitrogen and oxygen atoms in total. The van der Waals surface area contributed by atoms with Gasteiger partial charge < -0.3 is 20.1 Å². The van der Waals surface area contributed by atoms with Gasteiger partial charge in [-0.25, -0.2) is 4.98 Å². The third-order valence-corrected chi connectivity index (χ3v) is 7.86. The topological polar surface area (TPSA) is 130 Å². The molecule has 2 atom stereocenters. The zero-order valence-electron chi connectivity index (χ0n) is 23.3. The zero-order valence-corrected chi connectivity index (χ0v) is 23.3. The van der Waals surface area contributed by atoms with Gasteiger partial charge in [-0.15, -0.1) is 5.10 Å². The number of hydrogen-bond acceptors (Lipinski definition) is 7. The zero-order chi connectivity index (χ0) is 28.2. The molecule has 5 rings (SSSR count). The Balaban J connectivity index is 1.42. The van der Waals surface area contributed by atoms with Crippen molar-refractivity contribution in [1.82, 2.24) is 45.0 Å². The fraction of sp³-hybridized carbons (Fsp3) is 0.500. The molecule has 2 aliphatic heterocycles. The summed E-state index contributed by atoms with van der Waals surface area (Å²) in [5.41, 5.74) is 3.64. The SMILES string of the molecule is Cc1nc(CN2CCN3C(=O)[C@H](Cc4ccccc4)NC(=O)CCCn4cc(nn4)CNC(=O)[C@H]3C2)n(C)c1C. The minimum atomic E-state index is -0.779. The average molecular weight is 548 g/mol. The molecule has 0 spiro atoms. The Hall–Kier alpha value is -4.06. The first kappa shape index (κ1) is 27.5. The Morgan fingerprint density at radius 3 is 2.60 bits per heavy atom. The Morgan fingerprint density at radius 2 is 1.85 bits per heavy atom. The average Bonchev–Trinajstić information content (AvgIpc) is 3.50. The van der Waals surface area contributed by atoms with E-state index in [1.165, 1.54) is 0 Å². The number of nitrogens with one attached hydrogen (secondary N) is 2. The van der Waals surface area contributed by atoms with Crippen LogP contribution in [0.1, 0.15) is 41.3 Å². The van der Waals surface area contributed by atoms with E-state index in [1.807, 2.05) is 51.2 Å². The second-order valence-electron chi connectivity index (χ2n) is 10.6. The Kier molecular flexibility index (Phi) is 8.24. The van der Waals surface area contributed by atoms with Crippen LogP contribution >= 0.6 is 0 Å². The van der Waals surface area contributed by atoms with Gasteiger partial charge in [0.1, 0.15) is 23.6 Å². The van der Waals surface area contributed by atoms with Gasteiger partial charge >= 0.3 is 0 Å². The Labute approximate surface area is 233 Å². The van der Waals surface area contributed by atoms with Gasteiger partial charge in [0, 0.05) is 51.8 Å². The van der Waals surface area contributed by atoms with Crippen LogP contribution in [0.2, 0.25) is 0 Å². The van der Waals surface area contributed by atoms with E-state index in [9.17, 15) is 14.4 Å². The molecule has 0 saturated carbocycles. The molecule has 3 amide bonds. The maximum Gasteiger partial charge on any atom is 0.246 e. The number of hydrogen-bond donors (Lipinski definition) is 2. The Bertz CT molecular complexity index is 1370. The molecule has 1 saturated heterocycles. The van der Waals surface area contributed by atoms with E-state index in [1.54, 1.807) is 15.8 Å². The maximum atomic E-state index is 14.1. The summed E-state index contributed by atoms with van der Waals surface area (Å²) in [6, 6.07) is 8.11. The first-order valence-electron chi connectivity index (χ1n) is 13.8. The van der Waals surface area contributed by atoms with Crippen LogP contribution in [0.25, 0.3) is 0 Å². The predicted octanol–water partition coefficient (Wildman–Crippen LogP) is 0.479. The molecule has 2 aromatic heterocycles. The van der Waals surface area contributed by atoms with Gasteiger partial charge in [0.15, 0.2) is 0 Å². The highest BCUT2D eigenvalue weighted by Crippen LogP contribution is 2.18. The number of fused-ring (bicyclic) bond motifs is 3. The van der Waals surface area contributed by atoms with Gasteiger partial charge in [-0.1, -0.05) is 35.5 Å². The molecule has 2 bridgehead atoms. The second-order valence-corrected chi connectivity index (χ2v) is 10.6.